The molecule has 3 aromatic carbocycles. The fourth-order valence-electron chi connectivity index (χ4n) is 3.43. The third kappa shape index (κ3) is 4.69. The maximum absolute atomic E-state index is 13.4. The van der Waals surface area contributed by atoms with Gasteiger partial charge in [-0.2, -0.15) is 18.4 Å². The van der Waals surface area contributed by atoms with Gasteiger partial charge in [-0.05, 0) is 60.2 Å². The highest BCUT2D eigenvalue weighted by molar-refractivity contribution is 7.91. The zero-order chi connectivity index (χ0) is 24.5. The van der Waals surface area contributed by atoms with Crippen LogP contribution >= 0.6 is 11.6 Å². The van der Waals surface area contributed by atoms with Crippen molar-refractivity contribution in [3.8, 4) is 28.7 Å². The van der Waals surface area contributed by atoms with Gasteiger partial charge in [0.05, 0.1) is 22.0 Å². The number of aromatic nitrogens is 1. The van der Waals surface area contributed by atoms with Crippen LogP contribution in [-0.2, 0) is 16.0 Å². The van der Waals surface area contributed by atoms with E-state index in [1.807, 2.05) is 0 Å². The fraction of sp³-hybridized carbons (Fsp3) is 0.0833. The second-order valence-electron chi connectivity index (χ2n) is 7.19. The molecule has 5 nitrogen and oxygen atoms in total. The van der Waals surface area contributed by atoms with Crippen molar-refractivity contribution in [3.63, 3.8) is 0 Å². The molecule has 0 bridgehead atoms. The molecule has 4 rings (SSSR count). The highest BCUT2D eigenvalue weighted by Gasteiger charge is 2.33. The Balaban J connectivity index is 1.72. The first-order valence-electron chi connectivity index (χ1n) is 9.72. The van der Waals surface area contributed by atoms with E-state index in [4.69, 9.17) is 21.6 Å². The molecule has 0 aliphatic heterocycles. The van der Waals surface area contributed by atoms with E-state index >= 15 is 0 Å². The predicted octanol–water partition coefficient (Wildman–Crippen LogP) is 6.66. The number of nitriles is 1. The summed E-state index contributed by atoms with van der Waals surface area (Å²) in [6.07, 6.45) is -3.27. The molecule has 0 aliphatic rings. The Morgan fingerprint density at radius 2 is 1.68 bits per heavy atom. The van der Waals surface area contributed by atoms with Crippen LogP contribution in [0.1, 0.15) is 5.56 Å². The number of sulfone groups is 1. The van der Waals surface area contributed by atoms with Crippen molar-refractivity contribution in [1.82, 2.24) is 4.98 Å². The molecule has 1 aromatic heterocycles. The van der Waals surface area contributed by atoms with Gasteiger partial charge in [-0.3, -0.25) is 4.98 Å². The molecule has 0 fully saturated rings. The van der Waals surface area contributed by atoms with Crippen LogP contribution in [0.4, 0.5) is 13.2 Å². The standard InChI is InChI=1S/C24H14ClF3N2O3S/c25-22-9-6-16(33-15-4-7-17(8-5-15)34(31,32)13-11-29)14-20(22)18-10-12-30-23-19(18)2-1-3-21(23)24(26,27)28/h1-10,12,14H,13H2. The lowest BCUT2D eigenvalue weighted by molar-refractivity contribution is -0.136. The van der Waals surface area contributed by atoms with E-state index < -0.39 is 27.3 Å². The van der Waals surface area contributed by atoms with Crippen LogP contribution in [0.15, 0.2) is 77.8 Å². The van der Waals surface area contributed by atoms with Gasteiger partial charge >= 0.3 is 6.18 Å². The lowest BCUT2D eigenvalue weighted by Gasteiger charge is -2.14. The van der Waals surface area contributed by atoms with Crippen LogP contribution < -0.4 is 4.74 Å². The largest absolute Gasteiger partial charge is 0.457 e. The van der Waals surface area contributed by atoms with Crippen LogP contribution in [0.25, 0.3) is 22.0 Å². The number of hydrogen-bond acceptors (Lipinski definition) is 5. The topological polar surface area (TPSA) is 80.0 Å². The van der Waals surface area contributed by atoms with Crippen molar-refractivity contribution in [1.29, 1.82) is 5.26 Å². The maximum atomic E-state index is 13.4. The number of halogens is 4. The molecule has 0 spiro atoms. The van der Waals surface area contributed by atoms with Gasteiger partial charge in [0.15, 0.2) is 9.84 Å². The summed E-state index contributed by atoms with van der Waals surface area (Å²) in [5.74, 6) is 0.0241. The number of benzene rings is 3. The van der Waals surface area contributed by atoms with Gasteiger partial charge in [0.25, 0.3) is 0 Å². The Bertz CT molecular complexity index is 1530. The first kappa shape index (κ1) is 23.5. The van der Waals surface area contributed by atoms with Crippen LogP contribution in [0, 0.1) is 11.3 Å². The molecule has 0 saturated carbocycles. The Labute approximate surface area is 197 Å². The van der Waals surface area contributed by atoms with E-state index in [1.165, 1.54) is 42.6 Å². The average molecular weight is 503 g/mol. The van der Waals surface area contributed by atoms with E-state index in [2.05, 4.69) is 4.98 Å². The molecule has 4 aromatic rings. The highest BCUT2D eigenvalue weighted by atomic mass is 35.5. The quantitative estimate of drug-likeness (QED) is 0.305. The first-order chi connectivity index (χ1) is 16.1. The van der Waals surface area contributed by atoms with Crippen LogP contribution in [0.5, 0.6) is 11.5 Å². The number of ether oxygens (including phenoxy) is 1. The molecule has 0 N–H and O–H groups in total. The smallest absolute Gasteiger partial charge is 0.418 e. The zero-order valence-corrected chi connectivity index (χ0v) is 18.7. The molecule has 0 unspecified atom stereocenters. The van der Waals surface area contributed by atoms with E-state index in [9.17, 15) is 21.6 Å². The van der Waals surface area contributed by atoms with Crippen LogP contribution in [0.3, 0.4) is 0 Å². The summed E-state index contributed by atoms with van der Waals surface area (Å²) in [5, 5.41) is 9.23. The molecule has 0 amide bonds. The predicted molar refractivity (Wildman–Crippen MR) is 121 cm³/mol. The minimum absolute atomic E-state index is 0.0121. The second-order valence-corrected chi connectivity index (χ2v) is 9.59. The highest BCUT2D eigenvalue weighted by Crippen LogP contribution is 2.40. The lowest BCUT2D eigenvalue weighted by Crippen LogP contribution is -2.06. The summed E-state index contributed by atoms with van der Waals surface area (Å²) in [7, 11) is -3.70. The Kier molecular flexibility index (Phi) is 6.21. The van der Waals surface area contributed by atoms with Gasteiger partial charge in [0.2, 0.25) is 0 Å². The third-order valence-electron chi connectivity index (χ3n) is 4.98. The first-order valence-corrected chi connectivity index (χ1v) is 11.8. The molecule has 0 saturated heterocycles. The molecule has 10 heteroatoms. The van der Waals surface area contributed by atoms with Gasteiger partial charge in [-0.15, -0.1) is 0 Å². The molecule has 1 heterocycles. The number of fused-ring (bicyclic) bond motifs is 1. The van der Waals surface area contributed by atoms with Crippen molar-refractivity contribution in [3.05, 3.63) is 83.5 Å². The zero-order valence-electron chi connectivity index (χ0n) is 17.2. The summed E-state index contributed by atoms with van der Waals surface area (Å²) in [6.45, 7) is 0. The average Bonchev–Trinajstić information content (AvgIpc) is 2.79. The SMILES string of the molecule is N#CCS(=O)(=O)c1ccc(Oc2ccc(Cl)c(-c3ccnc4c(C(F)(F)F)cccc34)c2)cc1. The minimum Gasteiger partial charge on any atom is -0.457 e. The third-order valence-corrected chi connectivity index (χ3v) is 6.81. The molecular weight excluding hydrogens is 489 g/mol. The van der Waals surface area contributed by atoms with E-state index in [0.29, 0.717) is 27.6 Å². The summed E-state index contributed by atoms with van der Waals surface area (Å²) >= 11 is 6.37. The number of rotatable bonds is 5. The normalized spacial score (nSPS) is 11.9. The van der Waals surface area contributed by atoms with Crippen LogP contribution in [-0.4, -0.2) is 19.2 Å². The Hall–Kier alpha value is -3.61. The van der Waals surface area contributed by atoms with Crippen molar-refractivity contribution in [2.75, 3.05) is 5.75 Å². The van der Waals surface area contributed by atoms with E-state index in [0.717, 1.165) is 6.07 Å². The van der Waals surface area contributed by atoms with E-state index in [1.54, 1.807) is 30.3 Å². The molecule has 0 atom stereocenters. The van der Waals surface area contributed by atoms with Gasteiger partial charge < -0.3 is 4.74 Å². The number of alkyl halides is 3. The van der Waals surface area contributed by atoms with Gasteiger partial charge in [0, 0.05) is 22.2 Å². The maximum Gasteiger partial charge on any atom is 0.418 e. The van der Waals surface area contributed by atoms with Crippen molar-refractivity contribution >= 4 is 32.3 Å². The van der Waals surface area contributed by atoms with Gasteiger partial charge in [-0.25, -0.2) is 8.42 Å². The summed E-state index contributed by atoms with van der Waals surface area (Å²) in [5.41, 5.74) is -0.144. The minimum atomic E-state index is -4.56. The van der Waals surface area contributed by atoms with E-state index in [-0.39, 0.29) is 15.8 Å². The fourth-order valence-corrected chi connectivity index (χ4v) is 4.54. The van der Waals surface area contributed by atoms with Crippen molar-refractivity contribution in [2.24, 2.45) is 0 Å². The molecule has 172 valence electrons. The molecule has 0 aliphatic carbocycles. The monoisotopic (exact) mass is 502 g/mol. The van der Waals surface area contributed by atoms with Gasteiger partial charge in [-0.1, -0.05) is 23.7 Å². The second kappa shape index (κ2) is 8.97. The van der Waals surface area contributed by atoms with Crippen molar-refractivity contribution in [2.45, 2.75) is 11.1 Å². The Morgan fingerprint density at radius 3 is 2.35 bits per heavy atom. The lowest BCUT2D eigenvalue weighted by atomic mass is 9.99. The number of para-hydroxylation sites is 1. The molecular formula is C24H14ClF3N2O3S. The van der Waals surface area contributed by atoms with Crippen LogP contribution in [0.2, 0.25) is 5.02 Å². The number of hydrogen-bond donors (Lipinski definition) is 0. The summed E-state index contributed by atoms with van der Waals surface area (Å²) in [4.78, 5) is 3.92. The molecule has 0 radical (unpaired) electrons. The van der Waals surface area contributed by atoms with Gasteiger partial charge in [0.1, 0.15) is 17.3 Å². The summed E-state index contributed by atoms with van der Waals surface area (Å²) < 4.78 is 70.1. The van der Waals surface area contributed by atoms with Crippen molar-refractivity contribution < 1.29 is 26.3 Å². The summed E-state index contributed by atoms with van der Waals surface area (Å²) in [6, 6.07) is 17.3. The number of pyridine rings is 1. The Morgan fingerprint density at radius 1 is 0.971 bits per heavy atom. The number of nitrogens with zero attached hydrogens (tertiary/aromatic N) is 2. The molecule has 34 heavy (non-hydrogen) atoms.